The summed E-state index contributed by atoms with van der Waals surface area (Å²) in [6.45, 7) is 0.691. The van der Waals surface area contributed by atoms with Crippen molar-refractivity contribution >= 4 is 34.6 Å². The average molecular weight is 445 g/mol. The third-order valence-electron chi connectivity index (χ3n) is 4.57. The van der Waals surface area contributed by atoms with Crippen molar-refractivity contribution in [3.63, 3.8) is 0 Å². The molecule has 156 valence electrons. The van der Waals surface area contributed by atoms with Gasteiger partial charge in [-0.15, -0.1) is 0 Å². The van der Waals surface area contributed by atoms with Crippen LogP contribution in [0, 0.1) is 5.82 Å². The molecule has 0 heterocycles. The monoisotopic (exact) mass is 444 g/mol. The number of hydrogen-bond acceptors (Lipinski definition) is 3. The Morgan fingerprint density at radius 2 is 1.53 bits per heavy atom. The zero-order valence-corrected chi connectivity index (χ0v) is 18.3. The fourth-order valence-electron chi connectivity index (χ4n) is 2.90. The van der Waals surface area contributed by atoms with E-state index in [4.69, 9.17) is 33.3 Å². The van der Waals surface area contributed by atoms with E-state index < -0.39 is 0 Å². The summed E-state index contributed by atoms with van der Waals surface area (Å²) in [6, 6.07) is 19.7. The number of thiocarbonyl (C=S) groups is 1. The molecule has 1 N–H and O–H groups in total. The lowest BCUT2D eigenvalue weighted by Gasteiger charge is -2.27. The molecule has 0 unspecified atom stereocenters. The number of halogens is 2. The number of rotatable bonds is 7. The van der Waals surface area contributed by atoms with Gasteiger partial charge in [0.05, 0.1) is 14.2 Å². The summed E-state index contributed by atoms with van der Waals surface area (Å²) in [6.07, 6.45) is 0. The summed E-state index contributed by atoms with van der Waals surface area (Å²) in [5.74, 6) is 1.15. The molecule has 3 aromatic rings. The van der Waals surface area contributed by atoms with Gasteiger partial charge in [-0.1, -0.05) is 29.8 Å². The van der Waals surface area contributed by atoms with E-state index in [1.54, 1.807) is 26.4 Å². The lowest BCUT2D eigenvalue weighted by Crippen LogP contribution is -2.34. The van der Waals surface area contributed by atoms with Crippen molar-refractivity contribution in [3.05, 3.63) is 88.7 Å². The van der Waals surface area contributed by atoms with Gasteiger partial charge in [0.25, 0.3) is 0 Å². The molecule has 0 bridgehead atoms. The van der Waals surface area contributed by atoms with Crippen LogP contribution < -0.4 is 14.8 Å². The van der Waals surface area contributed by atoms with Crippen molar-refractivity contribution in [2.24, 2.45) is 0 Å². The van der Waals surface area contributed by atoms with Gasteiger partial charge >= 0.3 is 0 Å². The van der Waals surface area contributed by atoms with Gasteiger partial charge < -0.3 is 19.7 Å². The first-order chi connectivity index (χ1) is 14.5. The van der Waals surface area contributed by atoms with Crippen LogP contribution in [0.5, 0.6) is 11.5 Å². The molecule has 0 aliphatic rings. The van der Waals surface area contributed by atoms with Gasteiger partial charge in [0, 0.05) is 29.4 Å². The average Bonchev–Trinajstić information content (AvgIpc) is 2.76. The topological polar surface area (TPSA) is 33.7 Å². The van der Waals surface area contributed by atoms with Crippen LogP contribution in [0.4, 0.5) is 10.1 Å². The number of benzene rings is 3. The van der Waals surface area contributed by atoms with Gasteiger partial charge in [0.15, 0.2) is 5.11 Å². The van der Waals surface area contributed by atoms with E-state index in [-0.39, 0.29) is 12.4 Å². The van der Waals surface area contributed by atoms with E-state index in [1.807, 2.05) is 53.4 Å². The minimum absolute atomic E-state index is 0.222. The van der Waals surface area contributed by atoms with Gasteiger partial charge in [-0.25, -0.2) is 4.39 Å². The highest BCUT2D eigenvalue weighted by atomic mass is 35.5. The van der Waals surface area contributed by atoms with Crippen molar-refractivity contribution in [2.45, 2.75) is 13.1 Å². The molecule has 0 aliphatic heterocycles. The Bertz CT molecular complexity index is 977. The summed E-state index contributed by atoms with van der Waals surface area (Å²) in [5, 5.41) is 4.02. The summed E-state index contributed by atoms with van der Waals surface area (Å²) in [7, 11) is 3.23. The zero-order chi connectivity index (χ0) is 21.5. The van der Waals surface area contributed by atoms with Gasteiger partial charge in [0.2, 0.25) is 0 Å². The molecule has 7 heteroatoms. The molecule has 0 aliphatic carbocycles. The molecule has 0 saturated carbocycles. The van der Waals surface area contributed by atoms with Gasteiger partial charge in [0.1, 0.15) is 17.3 Å². The molecule has 0 fully saturated rings. The second-order valence-corrected chi connectivity index (χ2v) is 7.36. The summed E-state index contributed by atoms with van der Waals surface area (Å²) in [4.78, 5) is 1.87. The molecule has 0 spiro atoms. The highest BCUT2D eigenvalue weighted by molar-refractivity contribution is 7.80. The normalized spacial score (nSPS) is 10.4. The number of nitrogens with one attached hydrogen (secondary N) is 1. The Morgan fingerprint density at radius 1 is 0.933 bits per heavy atom. The largest absolute Gasteiger partial charge is 0.497 e. The predicted molar refractivity (Wildman–Crippen MR) is 123 cm³/mol. The molecular weight excluding hydrogens is 423 g/mol. The maximum atomic E-state index is 14.4. The minimum atomic E-state index is -0.366. The van der Waals surface area contributed by atoms with E-state index in [2.05, 4.69) is 5.32 Å². The Labute approximate surface area is 186 Å². The number of methoxy groups -OCH3 is 2. The van der Waals surface area contributed by atoms with Crippen LogP contribution in [-0.2, 0) is 13.1 Å². The van der Waals surface area contributed by atoms with Crippen LogP contribution in [0.25, 0.3) is 0 Å². The minimum Gasteiger partial charge on any atom is -0.497 e. The number of hydrogen-bond donors (Lipinski definition) is 1. The quantitative estimate of drug-likeness (QED) is 0.459. The fourth-order valence-corrected chi connectivity index (χ4v) is 3.37. The second-order valence-electron chi connectivity index (χ2n) is 6.56. The predicted octanol–water partition coefficient (Wildman–Crippen LogP) is 5.90. The van der Waals surface area contributed by atoms with Gasteiger partial charge in [-0.2, -0.15) is 0 Å². The van der Waals surface area contributed by atoms with Crippen LogP contribution in [0.15, 0.2) is 66.7 Å². The molecule has 0 atom stereocenters. The highest BCUT2D eigenvalue weighted by Gasteiger charge is 2.16. The maximum absolute atomic E-state index is 14.4. The SMILES string of the molecule is COc1ccc(CN(Cc2c(F)cccc2Cl)C(=S)Nc2ccc(OC)cc2)cc1. The van der Waals surface area contributed by atoms with Gasteiger partial charge in [-0.3, -0.25) is 0 Å². The van der Waals surface area contributed by atoms with Crippen molar-refractivity contribution in [1.82, 2.24) is 4.90 Å². The molecule has 0 saturated heterocycles. The number of anilines is 1. The first-order valence-electron chi connectivity index (χ1n) is 9.26. The molecule has 0 aromatic heterocycles. The van der Waals surface area contributed by atoms with Gasteiger partial charge in [-0.05, 0) is 66.3 Å². The standard InChI is InChI=1S/C23H22ClFN2O2S/c1-28-18-10-6-16(7-11-18)14-27(15-20-21(24)4-3-5-22(20)25)23(30)26-17-8-12-19(29-2)13-9-17/h3-13H,14-15H2,1-2H3,(H,26,30). The zero-order valence-electron chi connectivity index (χ0n) is 16.7. The van der Waals surface area contributed by atoms with Crippen molar-refractivity contribution in [3.8, 4) is 11.5 Å². The maximum Gasteiger partial charge on any atom is 0.174 e. The van der Waals surface area contributed by atoms with Crippen LogP contribution in [-0.4, -0.2) is 24.2 Å². The number of nitrogens with zero attached hydrogens (tertiary/aromatic N) is 1. The molecular formula is C23H22ClFN2O2S. The molecule has 0 amide bonds. The molecule has 3 aromatic carbocycles. The van der Waals surface area contributed by atoms with Crippen LogP contribution >= 0.6 is 23.8 Å². The van der Waals surface area contributed by atoms with E-state index in [0.717, 1.165) is 22.7 Å². The molecule has 30 heavy (non-hydrogen) atoms. The van der Waals surface area contributed by atoms with Crippen molar-refractivity contribution in [1.29, 1.82) is 0 Å². The molecule has 4 nitrogen and oxygen atoms in total. The fraction of sp³-hybridized carbons (Fsp3) is 0.174. The first kappa shape index (κ1) is 21.9. The second kappa shape index (κ2) is 10.3. The Balaban J connectivity index is 1.83. The Kier molecular flexibility index (Phi) is 7.49. The molecule has 0 radical (unpaired) electrons. The third-order valence-corrected chi connectivity index (χ3v) is 5.29. The van der Waals surface area contributed by atoms with Crippen LogP contribution in [0.2, 0.25) is 5.02 Å². The highest BCUT2D eigenvalue weighted by Crippen LogP contribution is 2.23. The lowest BCUT2D eigenvalue weighted by molar-refractivity contribution is 0.400. The van der Waals surface area contributed by atoms with Crippen molar-refractivity contribution < 1.29 is 13.9 Å². The van der Waals surface area contributed by atoms with Crippen LogP contribution in [0.1, 0.15) is 11.1 Å². The van der Waals surface area contributed by atoms with E-state index in [9.17, 15) is 4.39 Å². The van der Waals surface area contributed by atoms with Crippen LogP contribution in [0.3, 0.4) is 0 Å². The smallest absolute Gasteiger partial charge is 0.174 e. The Hall–Kier alpha value is -2.83. The third kappa shape index (κ3) is 5.62. The summed E-state index contributed by atoms with van der Waals surface area (Å²) < 4.78 is 24.8. The van der Waals surface area contributed by atoms with E-state index in [0.29, 0.717) is 22.2 Å². The summed E-state index contributed by atoms with van der Waals surface area (Å²) in [5.41, 5.74) is 2.20. The summed E-state index contributed by atoms with van der Waals surface area (Å²) >= 11 is 11.9. The Morgan fingerprint density at radius 3 is 2.10 bits per heavy atom. The van der Waals surface area contributed by atoms with E-state index in [1.165, 1.54) is 6.07 Å². The van der Waals surface area contributed by atoms with Crippen molar-refractivity contribution in [2.75, 3.05) is 19.5 Å². The number of ether oxygens (including phenoxy) is 2. The first-order valence-corrected chi connectivity index (χ1v) is 10.0. The lowest BCUT2D eigenvalue weighted by atomic mass is 10.1. The molecule has 3 rings (SSSR count). The van der Waals surface area contributed by atoms with E-state index >= 15 is 0 Å².